The van der Waals surface area contributed by atoms with Crippen LogP contribution < -0.4 is 0 Å². The molecule has 0 spiro atoms. The van der Waals surface area contributed by atoms with Gasteiger partial charge >= 0.3 is 0 Å². The van der Waals surface area contributed by atoms with Crippen LogP contribution in [0.25, 0.3) is 0 Å². The number of pyridine rings is 1. The number of nitrogens with zero attached hydrogens (tertiary/aromatic N) is 3. The van der Waals surface area contributed by atoms with Gasteiger partial charge < -0.3 is 5.11 Å². The van der Waals surface area contributed by atoms with Crippen molar-refractivity contribution in [2.45, 2.75) is 51.8 Å². The lowest BCUT2D eigenvalue weighted by molar-refractivity contribution is -0.269. The van der Waals surface area contributed by atoms with Crippen LogP contribution in [0.4, 0.5) is 0 Å². The van der Waals surface area contributed by atoms with Gasteiger partial charge in [-0.3, -0.25) is 14.8 Å². The van der Waals surface area contributed by atoms with E-state index in [1.807, 2.05) is 12.3 Å². The van der Waals surface area contributed by atoms with Gasteiger partial charge in [0.05, 0.1) is 11.8 Å². The highest BCUT2D eigenvalue weighted by Gasteiger charge is 2.64. The summed E-state index contributed by atoms with van der Waals surface area (Å²) in [6, 6.07) is 6.24. The summed E-state index contributed by atoms with van der Waals surface area (Å²) in [5.41, 5.74) is 1.29. The van der Waals surface area contributed by atoms with E-state index in [1.165, 1.54) is 5.69 Å². The van der Waals surface area contributed by atoms with E-state index in [-0.39, 0.29) is 16.9 Å². The van der Waals surface area contributed by atoms with E-state index in [9.17, 15) is 5.11 Å². The van der Waals surface area contributed by atoms with Crippen molar-refractivity contribution in [2.75, 3.05) is 26.2 Å². The second kappa shape index (κ2) is 5.54. The standard InChI is InChI=1S/C19H29N3O/c1-3-8-18-11-21-13-19(9-4-2,17(18)23)14-22(12-18)16(21)15-7-5-6-10-20-15/h5-7,10,16-17,23H,3-4,8-9,11-14H2,1-2H3. The lowest BCUT2D eigenvalue weighted by Crippen LogP contribution is -2.78. The molecule has 0 unspecified atom stereocenters. The third-order valence-electron chi connectivity index (χ3n) is 6.37. The lowest BCUT2D eigenvalue weighted by atomic mass is 9.56. The number of hydrogen-bond donors (Lipinski definition) is 1. The van der Waals surface area contributed by atoms with E-state index in [4.69, 9.17) is 0 Å². The summed E-state index contributed by atoms with van der Waals surface area (Å²) >= 11 is 0. The first-order valence-electron chi connectivity index (χ1n) is 9.21. The Morgan fingerprint density at radius 3 is 2.04 bits per heavy atom. The Bertz CT molecular complexity index is 519. The van der Waals surface area contributed by atoms with Crippen LogP contribution in [0.5, 0.6) is 0 Å². The molecular weight excluding hydrogens is 286 g/mol. The first-order chi connectivity index (χ1) is 11.1. The van der Waals surface area contributed by atoms with Crippen molar-refractivity contribution >= 4 is 0 Å². The molecule has 0 aliphatic carbocycles. The van der Waals surface area contributed by atoms with Crippen LogP contribution in [0.15, 0.2) is 24.4 Å². The molecule has 0 amide bonds. The molecule has 126 valence electrons. The smallest absolute Gasteiger partial charge is 0.106 e. The molecule has 0 radical (unpaired) electrons. The molecule has 1 aromatic rings. The molecule has 4 heteroatoms. The summed E-state index contributed by atoms with van der Waals surface area (Å²) in [7, 11) is 0. The van der Waals surface area contributed by atoms with Crippen LogP contribution in [0.2, 0.25) is 0 Å². The number of aliphatic hydroxyl groups excluding tert-OH is 1. The molecule has 4 aliphatic heterocycles. The fourth-order valence-corrected chi connectivity index (χ4v) is 5.89. The van der Waals surface area contributed by atoms with E-state index in [1.54, 1.807) is 0 Å². The molecule has 4 saturated heterocycles. The Morgan fingerprint density at radius 2 is 1.61 bits per heavy atom. The van der Waals surface area contributed by atoms with Crippen LogP contribution >= 0.6 is 0 Å². The second-order valence-corrected chi connectivity index (χ2v) is 8.07. The number of hydrogen-bond acceptors (Lipinski definition) is 4. The second-order valence-electron chi connectivity index (χ2n) is 8.07. The van der Waals surface area contributed by atoms with Gasteiger partial charge in [0.1, 0.15) is 6.17 Å². The van der Waals surface area contributed by atoms with Gasteiger partial charge in [-0.2, -0.15) is 0 Å². The maximum absolute atomic E-state index is 11.3. The zero-order valence-corrected chi connectivity index (χ0v) is 14.4. The normalized spacial score (nSPS) is 44.7. The minimum absolute atomic E-state index is 0.0612. The van der Waals surface area contributed by atoms with Gasteiger partial charge in [0.25, 0.3) is 0 Å². The molecular formula is C19H29N3O. The Hall–Kier alpha value is -0.970. The molecule has 4 fully saturated rings. The molecule has 0 aromatic carbocycles. The van der Waals surface area contributed by atoms with E-state index in [0.717, 1.165) is 51.9 Å². The third kappa shape index (κ3) is 2.19. The summed E-state index contributed by atoms with van der Waals surface area (Å²) in [6.45, 7) is 8.57. The Kier molecular flexibility index (Phi) is 3.74. The molecule has 4 nitrogen and oxygen atoms in total. The largest absolute Gasteiger partial charge is 0.392 e. The maximum Gasteiger partial charge on any atom is 0.106 e. The van der Waals surface area contributed by atoms with Crippen molar-refractivity contribution in [1.29, 1.82) is 0 Å². The quantitative estimate of drug-likeness (QED) is 0.907. The maximum atomic E-state index is 11.3. The zero-order valence-electron chi connectivity index (χ0n) is 14.4. The first-order valence-corrected chi connectivity index (χ1v) is 9.21. The van der Waals surface area contributed by atoms with E-state index < -0.39 is 0 Å². The van der Waals surface area contributed by atoms with Crippen molar-refractivity contribution in [1.82, 2.24) is 14.8 Å². The molecule has 5 rings (SSSR count). The van der Waals surface area contributed by atoms with Gasteiger partial charge in [-0.25, -0.2) is 0 Å². The molecule has 1 aromatic heterocycles. The monoisotopic (exact) mass is 315 g/mol. The fraction of sp³-hybridized carbons (Fsp3) is 0.737. The van der Waals surface area contributed by atoms with E-state index in [2.05, 4.69) is 40.8 Å². The van der Waals surface area contributed by atoms with Crippen LogP contribution in [0, 0.1) is 10.8 Å². The SMILES string of the molecule is CCCC12CN3CC(CCC)(CN(C1)C3c1ccccn1)C2O. The highest BCUT2D eigenvalue weighted by atomic mass is 16.3. The number of piperidine rings is 2. The molecule has 23 heavy (non-hydrogen) atoms. The first kappa shape index (κ1) is 15.6. The Morgan fingerprint density at radius 1 is 1.04 bits per heavy atom. The minimum atomic E-state index is -0.146. The summed E-state index contributed by atoms with van der Waals surface area (Å²) in [5, 5.41) is 11.3. The Labute approximate surface area is 139 Å². The van der Waals surface area contributed by atoms with Crippen LogP contribution in [0.3, 0.4) is 0 Å². The van der Waals surface area contributed by atoms with Crippen molar-refractivity contribution in [3.63, 3.8) is 0 Å². The van der Waals surface area contributed by atoms with Crippen LogP contribution in [-0.2, 0) is 0 Å². The van der Waals surface area contributed by atoms with Crippen molar-refractivity contribution < 1.29 is 5.11 Å². The number of rotatable bonds is 5. The molecule has 0 saturated carbocycles. The molecule has 4 bridgehead atoms. The fourth-order valence-electron chi connectivity index (χ4n) is 5.89. The molecule has 4 aliphatic rings. The van der Waals surface area contributed by atoms with E-state index >= 15 is 0 Å². The highest BCUT2D eigenvalue weighted by molar-refractivity contribution is 5.20. The van der Waals surface area contributed by atoms with Crippen molar-refractivity contribution in [3.05, 3.63) is 30.1 Å². The lowest BCUT2D eigenvalue weighted by Gasteiger charge is -2.69. The van der Waals surface area contributed by atoms with Gasteiger partial charge in [-0.15, -0.1) is 0 Å². The predicted molar refractivity (Wildman–Crippen MR) is 90.8 cm³/mol. The predicted octanol–water partition coefficient (Wildman–Crippen LogP) is 2.66. The van der Waals surface area contributed by atoms with Gasteiger partial charge in [0.2, 0.25) is 0 Å². The minimum Gasteiger partial charge on any atom is -0.392 e. The van der Waals surface area contributed by atoms with Gasteiger partial charge in [0, 0.05) is 43.2 Å². The molecule has 1 N–H and O–H groups in total. The molecule has 5 heterocycles. The van der Waals surface area contributed by atoms with Crippen molar-refractivity contribution in [3.8, 4) is 0 Å². The van der Waals surface area contributed by atoms with Gasteiger partial charge in [0.15, 0.2) is 0 Å². The van der Waals surface area contributed by atoms with Gasteiger partial charge in [-0.05, 0) is 25.0 Å². The van der Waals surface area contributed by atoms with Crippen LogP contribution in [-0.4, -0.2) is 52.2 Å². The van der Waals surface area contributed by atoms with Gasteiger partial charge in [-0.1, -0.05) is 32.8 Å². The van der Waals surface area contributed by atoms with Crippen LogP contribution in [0.1, 0.15) is 51.4 Å². The number of aliphatic hydroxyl groups is 1. The molecule has 0 atom stereocenters. The summed E-state index contributed by atoms with van der Waals surface area (Å²) in [4.78, 5) is 9.84. The summed E-state index contributed by atoms with van der Waals surface area (Å²) < 4.78 is 0. The average molecular weight is 315 g/mol. The summed E-state index contributed by atoms with van der Waals surface area (Å²) in [5.74, 6) is 0. The highest BCUT2D eigenvalue weighted by Crippen LogP contribution is 2.57. The average Bonchev–Trinajstić information content (AvgIpc) is 2.53. The third-order valence-corrected chi connectivity index (χ3v) is 6.37. The Balaban J connectivity index is 1.72. The van der Waals surface area contributed by atoms with Crippen molar-refractivity contribution in [2.24, 2.45) is 10.8 Å². The van der Waals surface area contributed by atoms with E-state index in [0.29, 0.717) is 6.17 Å². The summed E-state index contributed by atoms with van der Waals surface area (Å²) in [6.07, 6.45) is 6.61. The topological polar surface area (TPSA) is 39.6 Å². The number of aromatic nitrogens is 1. The zero-order chi connectivity index (χ0) is 16.1.